The number of piperidine rings is 3. The maximum atomic E-state index is 12.3. The summed E-state index contributed by atoms with van der Waals surface area (Å²) in [6.07, 6.45) is 10.1. The van der Waals surface area contributed by atoms with Crippen molar-refractivity contribution in [1.29, 1.82) is 10.5 Å². The van der Waals surface area contributed by atoms with Gasteiger partial charge in [0.2, 0.25) is 23.0 Å². The van der Waals surface area contributed by atoms with Gasteiger partial charge in [-0.05, 0) is 67.2 Å². The van der Waals surface area contributed by atoms with E-state index in [-0.39, 0.29) is 67.8 Å². The third-order valence-electron chi connectivity index (χ3n) is 14.6. The topological polar surface area (TPSA) is 265 Å². The first-order chi connectivity index (χ1) is 34.6. The highest BCUT2D eigenvalue weighted by Gasteiger charge is 2.36. The van der Waals surface area contributed by atoms with Crippen molar-refractivity contribution in [3.8, 4) is 12.1 Å². The minimum Gasteiger partial charge on any atom is -0.469 e. The summed E-state index contributed by atoms with van der Waals surface area (Å²) in [5, 5.41) is 22.8. The number of amides is 3. The van der Waals surface area contributed by atoms with E-state index in [2.05, 4.69) is 85.4 Å². The van der Waals surface area contributed by atoms with Gasteiger partial charge in [-0.1, -0.05) is 28.2 Å². The smallest absolute Gasteiger partial charge is 0.315 e. The minimum absolute atomic E-state index is 0. The number of ether oxygens (including phenoxy) is 1. The number of esters is 1. The minimum atomic E-state index is -0.502. The molecule has 5 aromatic rings. The van der Waals surface area contributed by atoms with Gasteiger partial charge in [0.15, 0.2) is 0 Å². The summed E-state index contributed by atoms with van der Waals surface area (Å²) >= 11 is 6.05. The molecule has 0 bridgehead atoms. The van der Waals surface area contributed by atoms with E-state index in [0.29, 0.717) is 56.1 Å². The van der Waals surface area contributed by atoms with Crippen molar-refractivity contribution >= 4 is 80.6 Å². The number of likely N-dealkylation sites (N-methyl/N-ethyl adjacent to an activating group) is 3. The molecule has 0 saturated carbocycles. The summed E-state index contributed by atoms with van der Waals surface area (Å²) in [5.41, 5.74) is 2.64. The van der Waals surface area contributed by atoms with Gasteiger partial charge in [-0.3, -0.25) is 19.2 Å². The number of carbonyl (C=O) groups excluding carboxylic acids is 4. The molecule has 0 aliphatic carbocycles. The second-order valence-electron chi connectivity index (χ2n) is 19.0. The quantitative estimate of drug-likeness (QED) is 0.0937. The van der Waals surface area contributed by atoms with Gasteiger partial charge in [0.05, 0.1) is 48.1 Å². The fraction of sp³-hybridized carbons (Fsp3) is 0.560. The highest BCUT2D eigenvalue weighted by Crippen LogP contribution is 2.33. The lowest BCUT2D eigenvalue weighted by Gasteiger charge is -2.42. The molecule has 0 spiro atoms. The number of H-pyrrole nitrogens is 2. The van der Waals surface area contributed by atoms with Crippen molar-refractivity contribution in [2.24, 2.45) is 17.8 Å². The zero-order chi connectivity index (χ0) is 51.6. The number of carbonyl (C=O) groups is 4. The van der Waals surface area contributed by atoms with Gasteiger partial charge >= 0.3 is 5.97 Å². The standard InChI is InChI=1S/C17H23N5O3.C16H19ClN6O.C16H22N6O.CH4/c1-11-5-7-22(14(23)8-15(24)25-3)9-13(11)21(2)17-12-4-6-18-16(12)19-10-20-17;1-10-5-8-23(13(24)3-6-18)9-12(10)22(2)15-11-4-7-19-14(11)20-16(17)21-15;1-11-5-8-22(14(23)3-6-17)9-13(11)21(2)16-12-4-7-18-15(12)19-10-20-16;/h4,6,10-11,13H,5,7-9H2,1-3H3,(H,18,19,20);4,7,10,12H,3,5,8-9H2,1-2H3,(H,19,20,21);10-11,13H,3-5,7-9H2,1-2H3,(H,18,19,20);1H4/t11-,13+;10-,12+;11-,13+;/m111./s1. The van der Waals surface area contributed by atoms with E-state index in [1.165, 1.54) is 7.11 Å². The van der Waals surface area contributed by atoms with Crippen molar-refractivity contribution in [2.75, 3.05) is 94.1 Å². The average molecular weight is 1020 g/mol. The molecule has 4 aliphatic rings. The first-order valence-electron chi connectivity index (χ1n) is 24.3. The molecule has 3 fully saturated rings. The Morgan fingerprint density at radius 2 is 1.18 bits per heavy atom. The zero-order valence-corrected chi connectivity index (χ0v) is 42.8. The average Bonchev–Trinajstić information content (AvgIpc) is 4.18. The largest absolute Gasteiger partial charge is 0.469 e. The maximum absolute atomic E-state index is 12.3. The predicted molar refractivity (Wildman–Crippen MR) is 278 cm³/mol. The van der Waals surface area contributed by atoms with E-state index in [0.717, 1.165) is 84.0 Å². The number of aromatic amines is 2. The Morgan fingerprint density at radius 1 is 0.699 bits per heavy atom. The number of nitrogens with one attached hydrogen (secondary N) is 3. The summed E-state index contributed by atoms with van der Waals surface area (Å²) in [7, 11) is 7.29. The molecule has 6 atom stereocenters. The number of methoxy groups -OCH3 is 1. The van der Waals surface area contributed by atoms with Crippen LogP contribution in [-0.4, -0.2) is 170 Å². The van der Waals surface area contributed by atoms with Crippen LogP contribution in [0, 0.1) is 40.4 Å². The van der Waals surface area contributed by atoms with Crippen molar-refractivity contribution < 1.29 is 23.9 Å². The van der Waals surface area contributed by atoms with Gasteiger partial charge in [0.1, 0.15) is 66.5 Å². The molecule has 0 radical (unpaired) electrons. The van der Waals surface area contributed by atoms with E-state index in [9.17, 15) is 19.2 Å². The normalized spacial score (nSPS) is 21.1. The van der Waals surface area contributed by atoms with Crippen LogP contribution in [0.3, 0.4) is 0 Å². The predicted octanol–water partition coefficient (Wildman–Crippen LogP) is 5.06. The van der Waals surface area contributed by atoms with Crippen molar-refractivity contribution in [3.05, 3.63) is 48.0 Å². The van der Waals surface area contributed by atoms with Gasteiger partial charge < -0.3 is 49.4 Å². The second kappa shape index (κ2) is 24.9. The van der Waals surface area contributed by atoms with Crippen molar-refractivity contribution in [2.45, 2.75) is 91.3 Å². The zero-order valence-electron chi connectivity index (χ0n) is 42.0. The number of hydrogen-bond acceptors (Lipinski definition) is 17. The molecule has 3 amide bonds. The Labute approximate surface area is 431 Å². The van der Waals surface area contributed by atoms with Gasteiger partial charge in [0.25, 0.3) is 0 Å². The van der Waals surface area contributed by atoms with E-state index in [4.69, 9.17) is 22.1 Å². The lowest BCUT2D eigenvalue weighted by molar-refractivity contribution is -0.147. The summed E-state index contributed by atoms with van der Waals surface area (Å²) in [6, 6.07) is 8.17. The Kier molecular flexibility index (Phi) is 18.7. The number of fused-ring (bicyclic) bond motifs is 3. The molecule has 73 heavy (non-hydrogen) atoms. The molecule has 9 rings (SSSR count). The van der Waals surface area contributed by atoms with Gasteiger partial charge in [-0.15, -0.1) is 0 Å². The Hall–Kier alpha value is -7.33. The molecule has 0 unspecified atom stereocenters. The molecule has 23 heteroatoms. The van der Waals surface area contributed by atoms with Crippen LogP contribution in [0.4, 0.5) is 23.3 Å². The lowest BCUT2D eigenvalue weighted by atomic mass is 9.92. The highest BCUT2D eigenvalue weighted by atomic mass is 35.5. The molecule has 5 aromatic heterocycles. The molecule has 9 heterocycles. The fourth-order valence-electron chi connectivity index (χ4n) is 10.2. The van der Waals surface area contributed by atoms with E-state index in [1.807, 2.05) is 56.5 Å². The summed E-state index contributed by atoms with van der Waals surface area (Å²) in [5.74, 6) is 3.83. The molecule has 22 nitrogen and oxygen atoms in total. The number of hydrogen-bond donors (Lipinski definition) is 3. The SMILES string of the molecule is C.COC(=O)CC(=O)N1CC[C@@H](C)[C@@H](N(C)c2ncnc3[nH]ccc23)C1.C[C@@H]1CCN(C(=O)CC#N)C[C@@H]1N(C)c1nc(Cl)nc2[nH]ccc12.C[C@@H]1CCN(C(=O)CC#N)C[C@@H]1N(C)c1ncnc2c1CCN2. The Morgan fingerprint density at radius 3 is 1.73 bits per heavy atom. The number of rotatable bonds is 10. The van der Waals surface area contributed by atoms with Gasteiger partial charge in [0, 0.05) is 84.9 Å². The van der Waals surface area contributed by atoms with Crippen LogP contribution in [0.1, 0.15) is 72.3 Å². The number of halogens is 1. The van der Waals surface area contributed by atoms with Crippen LogP contribution in [0.2, 0.25) is 5.28 Å². The molecule has 390 valence electrons. The second-order valence-corrected chi connectivity index (χ2v) is 19.3. The van der Waals surface area contributed by atoms with Gasteiger partial charge in [-0.2, -0.15) is 20.5 Å². The van der Waals surface area contributed by atoms with Crippen LogP contribution in [-0.2, 0) is 30.3 Å². The first kappa shape index (κ1) is 55.0. The molecule has 3 N–H and O–H groups in total. The Bertz CT molecular complexity index is 2810. The fourth-order valence-corrected chi connectivity index (χ4v) is 10.3. The third kappa shape index (κ3) is 12.7. The number of likely N-dealkylation sites (tertiary alicyclic amines) is 3. The molecular weight excluding hydrogens is 954 g/mol. The number of nitriles is 2. The summed E-state index contributed by atoms with van der Waals surface area (Å²) in [4.78, 5) is 91.7. The van der Waals surface area contributed by atoms with E-state index < -0.39 is 5.97 Å². The van der Waals surface area contributed by atoms with Crippen LogP contribution in [0.25, 0.3) is 22.1 Å². The molecule has 4 aliphatic heterocycles. The first-order valence-corrected chi connectivity index (χ1v) is 24.7. The highest BCUT2D eigenvalue weighted by molar-refractivity contribution is 6.28. The maximum Gasteiger partial charge on any atom is 0.315 e. The number of aromatic nitrogens is 8. The van der Waals surface area contributed by atoms with E-state index >= 15 is 0 Å². The van der Waals surface area contributed by atoms with Crippen LogP contribution < -0.4 is 20.0 Å². The Balaban J connectivity index is 0.000000178. The molecule has 0 aromatic carbocycles. The van der Waals surface area contributed by atoms with Crippen LogP contribution in [0.5, 0.6) is 0 Å². The molecular formula is C50H68ClN17O5. The van der Waals surface area contributed by atoms with Gasteiger partial charge in [-0.25, -0.2) is 19.9 Å². The number of anilines is 4. The lowest BCUT2D eigenvalue weighted by Crippen LogP contribution is -2.53. The van der Waals surface area contributed by atoms with Crippen LogP contribution >= 0.6 is 11.6 Å². The summed E-state index contributed by atoms with van der Waals surface area (Å²) < 4.78 is 4.60. The monoisotopic (exact) mass is 1020 g/mol. The summed E-state index contributed by atoms with van der Waals surface area (Å²) in [6.45, 7) is 11.3. The molecule has 3 saturated heterocycles. The van der Waals surface area contributed by atoms with Crippen molar-refractivity contribution in [1.82, 2.24) is 54.6 Å². The van der Waals surface area contributed by atoms with Crippen LogP contribution in [0.15, 0.2) is 37.2 Å². The van der Waals surface area contributed by atoms with E-state index in [1.54, 1.807) is 28.7 Å². The third-order valence-corrected chi connectivity index (χ3v) is 14.8. The van der Waals surface area contributed by atoms with Crippen molar-refractivity contribution in [3.63, 3.8) is 0 Å². The number of nitrogens with zero attached hydrogens (tertiary/aromatic N) is 14.